The average molecular weight is 230 g/mol. The van der Waals surface area contributed by atoms with Crippen LogP contribution in [0.15, 0.2) is 6.07 Å². The molecular weight excluding hydrogens is 212 g/mol. The fourth-order valence-electron chi connectivity index (χ4n) is 0.968. The lowest BCUT2D eigenvalue weighted by molar-refractivity contribution is 0.126. The molecule has 0 aliphatic rings. The molecule has 1 aromatic heterocycles. The molecule has 0 bridgehead atoms. The number of nitrogen functional groups attached to an aromatic ring is 1. The van der Waals surface area contributed by atoms with Crippen LogP contribution < -0.4 is 11.1 Å². The first kappa shape index (κ1) is 12.2. The number of ether oxygens (including phenoxy) is 1. The lowest BCUT2D eigenvalue weighted by atomic mass is 10.6. The predicted octanol–water partition coefficient (Wildman–Crippen LogP) is 0.715. The summed E-state index contributed by atoms with van der Waals surface area (Å²) in [5.74, 6) is 0.566. The standard InChI is InChI=1S/C9H18N4OS/c1-13(2)4-6-14-5-3-11-9-7-8(10)12-15-9/h7,11H,3-6H2,1-2H3,(H2,10,12). The lowest BCUT2D eigenvalue weighted by Crippen LogP contribution is -2.19. The molecule has 1 heterocycles. The van der Waals surface area contributed by atoms with Gasteiger partial charge in [0.15, 0.2) is 0 Å². The Morgan fingerprint density at radius 3 is 2.93 bits per heavy atom. The molecule has 0 atom stereocenters. The summed E-state index contributed by atoms with van der Waals surface area (Å²) >= 11 is 1.37. The summed E-state index contributed by atoms with van der Waals surface area (Å²) in [7, 11) is 4.06. The van der Waals surface area contributed by atoms with E-state index in [1.165, 1.54) is 11.5 Å². The summed E-state index contributed by atoms with van der Waals surface area (Å²) in [6, 6.07) is 1.82. The zero-order chi connectivity index (χ0) is 11.1. The predicted molar refractivity (Wildman–Crippen MR) is 64.4 cm³/mol. The van der Waals surface area contributed by atoms with Gasteiger partial charge in [-0.1, -0.05) is 0 Å². The summed E-state index contributed by atoms with van der Waals surface area (Å²) in [6.07, 6.45) is 0. The van der Waals surface area contributed by atoms with Crippen LogP contribution in [0, 0.1) is 0 Å². The maximum atomic E-state index is 5.49. The number of hydrogen-bond donors (Lipinski definition) is 2. The molecule has 1 rings (SSSR count). The van der Waals surface area contributed by atoms with Gasteiger partial charge in [-0.25, -0.2) is 0 Å². The fraction of sp³-hybridized carbons (Fsp3) is 0.667. The van der Waals surface area contributed by atoms with Gasteiger partial charge in [0.05, 0.1) is 13.2 Å². The van der Waals surface area contributed by atoms with Gasteiger partial charge in [-0.05, 0) is 25.6 Å². The largest absolute Gasteiger partial charge is 0.383 e. The van der Waals surface area contributed by atoms with Crippen LogP contribution in [0.5, 0.6) is 0 Å². The molecular formula is C9H18N4OS. The van der Waals surface area contributed by atoms with Crippen molar-refractivity contribution >= 4 is 22.4 Å². The molecule has 0 aromatic carbocycles. The summed E-state index contributed by atoms with van der Waals surface area (Å²) in [5.41, 5.74) is 5.49. The molecule has 0 amide bonds. The molecule has 0 saturated carbocycles. The Morgan fingerprint density at radius 1 is 1.53 bits per heavy atom. The number of nitrogens with zero attached hydrogens (tertiary/aromatic N) is 2. The van der Waals surface area contributed by atoms with E-state index in [9.17, 15) is 0 Å². The van der Waals surface area contributed by atoms with Gasteiger partial charge in [-0.3, -0.25) is 0 Å². The second kappa shape index (κ2) is 6.60. The molecule has 6 heteroatoms. The van der Waals surface area contributed by atoms with Crippen LogP contribution in [-0.4, -0.2) is 49.7 Å². The zero-order valence-electron chi connectivity index (χ0n) is 9.19. The minimum atomic E-state index is 0.566. The SMILES string of the molecule is CN(C)CCOCCNc1cc(N)ns1. The van der Waals surface area contributed by atoms with Gasteiger partial charge in [-0.15, -0.1) is 0 Å². The minimum Gasteiger partial charge on any atom is -0.383 e. The zero-order valence-corrected chi connectivity index (χ0v) is 10.0. The molecule has 0 radical (unpaired) electrons. The van der Waals surface area contributed by atoms with Crippen LogP contribution in [0.25, 0.3) is 0 Å². The quantitative estimate of drug-likeness (QED) is 0.676. The Morgan fingerprint density at radius 2 is 2.33 bits per heavy atom. The first-order valence-electron chi connectivity index (χ1n) is 4.87. The molecule has 86 valence electrons. The van der Waals surface area contributed by atoms with E-state index >= 15 is 0 Å². The maximum absolute atomic E-state index is 5.49. The first-order valence-corrected chi connectivity index (χ1v) is 5.64. The summed E-state index contributed by atoms with van der Waals surface area (Å²) in [4.78, 5) is 2.09. The van der Waals surface area contributed by atoms with E-state index in [4.69, 9.17) is 10.5 Å². The van der Waals surface area contributed by atoms with E-state index in [-0.39, 0.29) is 0 Å². The van der Waals surface area contributed by atoms with E-state index < -0.39 is 0 Å². The fourth-order valence-corrected chi connectivity index (χ4v) is 1.56. The third-order valence-corrected chi connectivity index (χ3v) is 2.52. The summed E-state index contributed by atoms with van der Waals surface area (Å²) in [6.45, 7) is 3.20. The number of rotatable bonds is 7. The minimum absolute atomic E-state index is 0.566. The van der Waals surface area contributed by atoms with Crippen molar-refractivity contribution in [1.82, 2.24) is 9.27 Å². The Kier molecular flexibility index (Phi) is 5.38. The number of anilines is 2. The van der Waals surface area contributed by atoms with Crippen molar-refractivity contribution in [3.8, 4) is 0 Å². The van der Waals surface area contributed by atoms with Crippen molar-refractivity contribution in [2.45, 2.75) is 0 Å². The lowest BCUT2D eigenvalue weighted by Gasteiger charge is -2.09. The molecule has 0 fully saturated rings. The highest BCUT2D eigenvalue weighted by atomic mass is 32.1. The summed E-state index contributed by atoms with van der Waals surface area (Å²) < 4.78 is 9.39. The molecule has 0 unspecified atom stereocenters. The molecule has 5 nitrogen and oxygen atoms in total. The molecule has 1 aromatic rings. The molecule has 0 spiro atoms. The van der Waals surface area contributed by atoms with Gasteiger partial charge in [0.2, 0.25) is 0 Å². The Labute approximate surface area is 94.4 Å². The smallest absolute Gasteiger partial charge is 0.139 e. The van der Waals surface area contributed by atoms with E-state index in [0.29, 0.717) is 12.4 Å². The Hall–Kier alpha value is -0.850. The third kappa shape index (κ3) is 5.56. The topological polar surface area (TPSA) is 63.4 Å². The summed E-state index contributed by atoms with van der Waals surface area (Å²) in [5, 5.41) is 4.18. The third-order valence-electron chi connectivity index (χ3n) is 1.76. The van der Waals surface area contributed by atoms with E-state index in [1.54, 1.807) is 0 Å². The Bertz CT molecular complexity index is 277. The van der Waals surface area contributed by atoms with Crippen LogP contribution in [0.4, 0.5) is 10.8 Å². The number of hydrogen-bond acceptors (Lipinski definition) is 6. The highest BCUT2D eigenvalue weighted by Crippen LogP contribution is 2.16. The van der Waals surface area contributed by atoms with Crippen LogP contribution in [0.3, 0.4) is 0 Å². The van der Waals surface area contributed by atoms with E-state index in [2.05, 4.69) is 14.6 Å². The number of nitrogens with two attached hydrogens (primary N) is 1. The van der Waals surface area contributed by atoms with E-state index in [0.717, 1.165) is 24.7 Å². The van der Waals surface area contributed by atoms with Crippen molar-refractivity contribution in [1.29, 1.82) is 0 Å². The normalized spacial score (nSPS) is 10.9. The van der Waals surface area contributed by atoms with Crippen molar-refractivity contribution in [2.75, 3.05) is 51.4 Å². The van der Waals surface area contributed by atoms with Crippen LogP contribution in [-0.2, 0) is 4.74 Å². The first-order chi connectivity index (χ1) is 7.18. The monoisotopic (exact) mass is 230 g/mol. The van der Waals surface area contributed by atoms with Gasteiger partial charge in [0, 0.05) is 19.2 Å². The average Bonchev–Trinajstić information content (AvgIpc) is 2.57. The number of likely N-dealkylation sites (N-methyl/N-ethyl adjacent to an activating group) is 1. The van der Waals surface area contributed by atoms with Gasteiger partial charge >= 0.3 is 0 Å². The maximum Gasteiger partial charge on any atom is 0.139 e. The van der Waals surface area contributed by atoms with Gasteiger partial charge in [0.1, 0.15) is 10.8 Å². The molecule has 0 aliphatic carbocycles. The number of nitrogens with one attached hydrogen (secondary N) is 1. The van der Waals surface area contributed by atoms with Crippen molar-refractivity contribution in [2.24, 2.45) is 0 Å². The van der Waals surface area contributed by atoms with Crippen molar-refractivity contribution < 1.29 is 4.74 Å². The van der Waals surface area contributed by atoms with Gasteiger partial charge in [-0.2, -0.15) is 4.37 Å². The second-order valence-corrected chi connectivity index (χ2v) is 4.26. The number of aromatic nitrogens is 1. The molecule has 15 heavy (non-hydrogen) atoms. The second-order valence-electron chi connectivity index (χ2n) is 3.46. The van der Waals surface area contributed by atoms with Crippen molar-refractivity contribution in [3.05, 3.63) is 6.07 Å². The van der Waals surface area contributed by atoms with Crippen LogP contribution in [0.2, 0.25) is 0 Å². The van der Waals surface area contributed by atoms with Crippen LogP contribution >= 0.6 is 11.5 Å². The Balaban J connectivity index is 1.98. The van der Waals surface area contributed by atoms with E-state index in [1.807, 2.05) is 20.2 Å². The van der Waals surface area contributed by atoms with Crippen molar-refractivity contribution in [3.63, 3.8) is 0 Å². The van der Waals surface area contributed by atoms with Crippen LogP contribution in [0.1, 0.15) is 0 Å². The molecule has 3 N–H and O–H groups in total. The molecule has 0 aliphatic heterocycles. The highest BCUT2D eigenvalue weighted by molar-refractivity contribution is 7.10. The van der Waals surface area contributed by atoms with Gasteiger partial charge < -0.3 is 20.7 Å². The highest BCUT2D eigenvalue weighted by Gasteiger charge is 1.96. The van der Waals surface area contributed by atoms with Gasteiger partial charge in [0.25, 0.3) is 0 Å². The molecule has 0 saturated heterocycles.